The number of hydrogen-bond donors (Lipinski definition) is 1. The van der Waals surface area contributed by atoms with Crippen LogP contribution in [-0.4, -0.2) is 17.0 Å². The van der Waals surface area contributed by atoms with Gasteiger partial charge in [0, 0.05) is 23.5 Å². The molecule has 0 saturated carbocycles. The second-order valence-electron chi connectivity index (χ2n) is 5.38. The first-order valence-corrected chi connectivity index (χ1v) is 7.56. The molecule has 0 aliphatic heterocycles. The van der Waals surface area contributed by atoms with Crippen molar-refractivity contribution >= 4 is 0 Å². The number of aromatic nitrogens is 2. The molecule has 0 spiro atoms. The first kappa shape index (κ1) is 14.0. The van der Waals surface area contributed by atoms with Crippen molar-refractivity contribution in [2.45, 2.75) is 38.3 Å². The Labute approximate surface area is 125 Å². The van der Waals surface area contributed by atoms with Gasteiger partial charge in [-0.1, -0.05) is 24.6 Å². The van der Waals surface area contributed by atoms with Gasteiger partial charge in [0.15, 0.2) is 5.82 Å². The third kappa shape index (κ3) is 3.39. The molecule has 3 rings (SSSR count). The van der Waals surface area contributed by atoms with Crippen molar-refractivity contribution in [1.82, 2.24) is 15.3 Å². The van der Waals surface area contributed by atoms with Crippen LogP contribution in [0.15, 0.2) is 36.5 Å². The Bertz CT molecular complexity index is 586. The molecule has 1 unspecified atom stereocenters. The van der Waals surface area contributed by atoms with E-state index in [9.17, 15) is 0 Å². The molecule has 1 atom stereocenters. The molecule has 21 heavy (non-hydrogen) atoms. The molecule has 1 N–H and O–H groups in total. The molecule has 1 aliphatic rings. The smallest absolute Gasteiger partial charge is 0.166 e. The highest BCUT2D eigenvalue weighted by Crippen LogP contribution is 2.26. The Morgan fingerprint density at radius 1 is 1.24 bits per heavy atom. The van der Waals surface area contributed by atoms with Crippen molar-refractivity contribution in [1.29, 1.82) is 0 Å². The second-order valence-corrected chi connectivity index (χ2v) is 5.38. The Hall–Kier alpha value is -1.94. The van der Waals surface area contributed by atoms with E-state index in [2.05, 4.69) is 10.3 Å². The fraction of sp³-hybridized carbons (Fsp3) is 0.412. The summed E-state index contributed by atoms with van der Waals surface area (Å²) in [5.74, 6) is 1.61. The number of rotatable bonds is 4. The summed E-state index contributed by atoms with van der Waals surface area (Å²) in [6.45, 7) is 0.418. The number of aryl methyl sites for hydroxylation is 1. The number of fused-ring (bicyclic) bond motifs is 1. The van der Waals surface area contributed by atoms with Crippen LogP contribution in [0.4, 0.5) is 0 Å². The molecule has 1 aliphatic carbocycles. The van der Waals surface area contributed by atoms with Crippen molar-refractivity contribution in [2.75, 3.05) is 7.05 Å². The molecule has 1 aromatic heterocycles. The minimum absolute atomic E-state index is 0.381. The van der Waals surface area contributed by atoms with Gasteiger partial charge in [0.05, 0.1) is 0 Å². The summed E-state index contributed by atoms with van der Waals surface area (Å²) in [5.41, 5.74) is 2.42. The van der Waals surface area contributed by atoms with Crippen LogP contribution < -0.4 is 10.1 Å². The van der Waals surface area contributed by atoms with Crippen LogP contribution in [0.2, 0.25) is 0 Å². The summed E-state index contributed by atoms with van der Waals surface area (Å²) >= 11 is 0. The fourth-order valence-electron chi connectivity index (χ4n) is 2.79. The maximum absolute atomic E-state index is 5.73. The van der Waals surface area contributed by atoms with Gasteiger partial charge >= 0.3 is 0 Å². The Balaban J connectivity index is 1.74. The van der Waals surface area contributed by atoms with Gasteiger partial charge in [-0.05, 0) is 38.4 Å². The monoisotopic (exact) mass is 283 g/mol. The number of nitrogens with zero attached hydrogens (tertiary/aromatic N) is 2. The van der Waals surface area contributed by atoms with Crippen LogP contribution in [0.25, 0.3) is 0 Å². The zero-order valence-corrected chi connectivity index (χ0v) is 12.4. The predicted molar refractivity (Wildman–Crippen MR) is 82.2 cm³/mol. The molecule has 4 heteroatoms. The van der Waals surface area contributed by atoms with Crippen LogP contribution in [0.3, 0.4) is 0 Å². The summed E-state index contributed by atoms with van der Waals surface area (Å²) in [6, 6.07) is 10.2. The lowest BCUT2D eigenvalue weighted by molar-refractivity contribution is 0.295. The summed E-state index contributed by atoms with van der Waals surface area (Å²) in [6.07, 6.45) is 6.60. The highest BCUT2D eigenvalue weighted by molar-refractivity contribution is 5.24. The predicted octanol–water partition coefficient (Wildman–Crippen LogP) is 3.04. The lowest BCUT2D eigenvalue weighted by atomic mass is 10.1. The summed E-state index contributed by atoms with van der Waals surface area (Å²) in [5, 5.41) is 3.37. The van der Waals surface area contributed by atoms with E-state index in [4.69, 9.17) is 9.72 Å². The third-order valence-corrected chi connectivity index (χ3v) is 3.94. The van der Waals surface area contributed by atoms with Gasteiger partial charge in [0.25, 0.3) is 0 Å². The molecule has 0 amide bonds. The van der Waals surface area contributed by atoms with Crippen molar-refractivity contribution in [3.63, 3.8) is 0 Å². The lowest BCUT2D eigenvalue weighted by Gasteiger charge is -2.16. The van der Waals surface area contributed by atoms with E-state index in [1.807, 2.05) is 43.6 Å². The molecular formula is C17H21N3O. The quantitative estimate of drug-likeness (QED) is 0.876. The number of para-hydroxylation sites is 1. The summed E-state index contributed by atoms with van der Waals surface area (Å²) in [4.78, 5) is 9.18. The number of hydrogen-bond acceptors (Lipinski definition) is 4. The lowest BCUT2D eigenvalue weighted by Crippen LogP contribution is -2.18. The standard InChI is InChI=1S/C17H21N3O/c1-18-15-9-5-6-10-16-14(15)11-19-17(20-16)12-21-13-7-3-2-4-8-13/h2-4,7-8,11,15,18H,5-6,9-10,12H2,1H3. The van der Waals surface area contributed by atoms with Crippen molar-refractivity contribution in [2.24, 2.45) is 0 Å². The molecule has 4 nitrogen and oxygen atoms in total. The minimum atomic E-state index is 0.381. The third-order valence-electron chi connectivity index (χ3n) is 3.94. The van der Waals surface area contributed by atoms with Gasteiger partial charge in [-0.15, -0.1) is 0 Å². The van der Waals surface area contributed by atoms with Gasteiger partial charge in [-0.2, -0.15) is 0 Å². The molecule has 2 aromatic rings. The highest BCUT2D eigenvalue weighted by atomic mass is 16.5. The average Bonchev–Trinajstić information content (AvgIpc) is 2.75. The number of nitrogens with one attached hydrogen (secondary N) is 1. The zero-order chi connectivity index (χ0) is 14.5. The molecular weight excluding hydrogens is 262 g/mol. The van der Waals surface area contributed by atoms with Crippen molar-refractivity contribution in [3.05, 3.63) is 53.6 Å². The van der Waals surface area contributed by atoms with Gasteiger partial charge in [-0.25, -0.2) is 9.97 Å². The van der Waals surface area contributed by atoms with Crippen LogP contribution >= 0.6 is 0 Å². The van der Waals surface area contributed by atoms with Gasteiger partial charge < -0.3 is 10.1 Å². The first-order valence-electron chi connectivity index (χ1n) is 7.56. The Kier molecular flexibility index (Phi) is 4.46. The van der Waals surface area contributed by atoms with E-state index >= 15 is 0 Å². The molecule has 0 fully saturated rings. The number of ether oxygens (including phenoxy) is 1. The SMILES string of the molecule is CNC1CCCCc2nc(COc3ccccc3)ncc21. The van der Waals surface area contributed by atoms with Crippen molar-refractivity contribution < 1.29 is 4.74 Å². The largest absolute Gasteiger partial charge is 0.486 e. The van der Waals surface area contributed by atoms with Crippen LogP contribution in [-0.2, 0) is 13.0 Å². The maximum Gasteiger partial charge on any atom is 0.166 e. The second kappa shape index (κ2) is 6.68. The molecule has 110 valence electrons. The van der Waals surface area contributed by atoms with Gasteiger partial charge in [-0.3, -0.25) is 0 Å². The average molecular weight is 283 g/mol. The van der Waals surface area contributed by atoms with Gasteiger partial charge in [0.1, 0.15) is 12.4 Å². The molecule has 0 radical (unpaired) electrons. The minimum Gasteiger partial charge on any atom is -0.486 e. The maximum atomic E-state index is 5.73. The molecule has 0 bridgehead atoms. The highest BCUT2D eigenvalue weighted by Gasteiger charge is 2.19. The molecule has 0 saturated heterocycles. The normalized spacial score (nSPS) is 17.9. The van der Waals surface area contributed by atoms with Crippen LogP contribution in [0.1, 0.15) is 42.4 Å². The summed E-state index contributed by atoms with van der Waals surface area (Å²) < 4.78 is 5.73. The van der Waals surface area contributed by atoms with Crippen molar-refractivity contribution in [3.8, 4) is 5.75 Å². The topological polar surface area (TPSA) is 47.0 Å². The van der Waals surface area contributed by atoms with E-state index in [0.29, 0.717) is 12.6 Å². The van der Waals surface area contributed by atoms with Gasteiger partial charge in [0.2, 0.25) is 0 Å². The van der Waals surface area contributed by atoms with E-state index in [1.165, 1.54) is 24.1 Å². The van der Waals surface area contributed by atoms with E-state index in [1.54, 1.807) is 0 Å². The fourth-order valence-corrected chi connectivity index (χ4v) is 2.79. The van der Waals surface area contributed by atoms with Crippen LogP contribution in [0, 0.1) is 0 Å². The Morgan fingerprint density at radius 3 is 2.90 bits per heavy atom. The molecule has 1 aromatic carbocycles. The summed E-state index contributed by atoms with van der Waals surface area (Å²) in [7, 11) is 2.01. The van der Waals surface area contributed by atoms with Crippen LogP contribution in [0.5, 0.6) is 5.75 Å². The van der Waals surface area contributed by atoms with E-state index in [0.717, 1.165) is 24.4 Å². The first-order chi connectivity index (χ1) is 10.4. The molecule has 1 heterocycles. The van der Waals surface area contributed by atoms with E-state index in [-0.39, 0.29) is 0 Å². The Morgan fingerprint density at radius 2 is 2.10 bits per heavy atom. The van der Waals surface area contributed by atoms with E-state index < -0.39 is 0 Å². The zero-order valence-electron chi connectivity index (χ0n) is 12.4. The number of benzene rings is 1.